The van der Waals surface area contributed by atoms with Gasteiger partial charge in [-0.05, 0) is 70.7 Å². The summed E-state index contributed by atoms with van der Waals surface area (Å²) in [5, 5.41) is 4.27. The molecule has 0 unspecified atom stereocenters. The number of hydrogen-bond donors (Lipinski definition) is 3. The van der Waals surface area contributed by atoms with Gasteiger partial charge >= 0.3 is 0 Å². The van der Waals surface area contributed by atoms with Gasteiger partial charge in [0, 0.05) is 9.26 Å². The lowest BCUT2D eigenvalue weighted by Gasteiger charge is -2.14. The largest absolute Gasteiger partial charge is 0.331 e. The first-order chi connectivity index (χ1) is 16.5. The van der Waals surface area contributed by atoms with Crippen LogP contribution in [0, 0.1) is 3.57 Å². The van der Waals surface area contributed by atoms with Crippen LogP contribution in [0.5, 0.6) is 0 Å². The molecule has 3 aromatic carbocycles. The summed E-state index contributed by atoms with van der Waals surface area (Å²) in [7, 11) is 0. The van der Waals surface area contributed by atoms with Crippen LogP contribution in [0.3, 0.4) is 0 Å². The predicted molar refractivity (Wildman–Crippen MR) is 149 cm³/mol. The number of anilines is 1. The number of fused-ring (bicyclic) bond motifs is 1. The molecule has 0 aliphatic heterocycles. The quantitative estimate of drug-likeness (QED) is 0.101. The number of benzene rings is 3. The van der Waals surface area contributed by atoms with Gasteiger partial charge in [0.15, 0.2) is 10.3 Å². The number of aromatic nitrogens is 2. The highest BCUT2D eigenvalue weighted by molar-refractivity contribution is 14.1. The molecule has 3 N–H and O–H groups in total. The van der Waals surface area contributed by atoms with E-state index >= 15 is 0 Å². The molecule has 0 atom stereocenters. The molecule has 34 heavy (non-hydrogen) atoms. The maximum atomic E-state index is 13.3. The summed E-state index contributed by atoms with van der Waals surface area (Å²) in [6, 6.07) is 24.6. The Morgan fingerprint density at radius 3 is 2.44 bits per heavy atom. The van der Waals surface area contributed by atoms with Crippen molar-refractivity contribution >= 4 is 74.2 Å². The van der Waals surface area contributed by atoms with Crippen molar-refractivity contribution in [1.82, 2.24) is 20.4 Å². The number of halogens is 1. The van der Waals surface area contributed by atoms with Crippen molar-refractivity contribution in [3.8, 4) is 0 Å². The normalized spacial score (nSPS) is 10.6. The molecule has 0 aliphatic rings. The lowest BCUT2D eigenvalue weighted by Crippen LogP contribution is -2.44. The highest BCUT2D eigenvalue weighted by atomic mass is 127. The van der Waals surface area contributed by atoms with Gasteiger partial charge in [-0.25, -0.2) is 4.98 Å². The zero-order valence-electron chi connectivity index (χ0n) is 17.8. The number of carbonyl (C=O) groups excluding carboxylic acids is 1. The summed E-state index contributed by atoms with van der Waals surface area (Å²) < 4.78 is 2.57. The second-order valence-corrected chi connectivity index (χ2v) is 9.81. The van der Waals surface area contributed by atoms with E-state index in [0.717, 1.165) is 14.8 Å². The fraction of sp³-hybridized carbons (Fsp3) is 0.0833. The van der Waals surface area contributed by atoms with Crippen LogP contribution < -0.4 is 21.7 Å². The molecule has 0 saturated heterocycles. The van der Waals surface area contributed by atoms with Crippen LogP contribution in [-0.4, -0.2) is 26.3 Å². The van der Waals surface area contributed by atoms with Crippen LogP contribution in [0.1, 0.15) is 5.56 Å². The lowest BCUT2D eigenvalue weighted by molar-refractivity contribution is -0.119. The Morgan fingerprint density at radius 1 is 1.00 bits per heavy atom. The van der Waals surface area contributed by atoms with E-state index in [1.165, 1.54) is 11.8 Å². The molecule has 7 nitrogen and oxygen atoms in total. The van der Waals surface area contributed by atoms with Gasteiger partial charge in [-0.3, -0.25) is 25.0 Å². The summed E-state index contributed by atoms with van der Waals surface area (Å²) >= 11 is 8.58. The molecule has 0 bridgehead atoms. The van der Waals surface area contributed by atoms with Crippen molar-refractivity contribution in [2.24, 2.45) is 0 Å². The smallest absolute Gasteiger partial charge is 0.262 e. The monoisotopic (exact) mass is 601 g/mol. The van der Waals surface area contributed by atoms with E-state index in [-0.39, 0.29) is 22.3 Å². The van der Waals surface area contributed by atoms with Crippen molar-refractivity contribution in [3.63, 3.8) is 0 Å². The van der Waals surface area contributed by atoms with E-state index in [9.17, 15) is 9.59 Å². The third-order valence-electron chi connectivity index (χ3n) is 4.74. The van der Waals surface area contributed by atoms with Crippen molar-refractivity contribution in [3.05, 3.63) is 98.4 Å². The summed E-state index contributed by atoms with van der Waals surface area (Å²) in [6.45, 7) is 0.362. The van der Waals surface area contributed by atoms with E-state index in [4.69, 9.17) is 12.2 Å². The average Bonchev–Trinajstić information content (AvgIpc) is 2.85. The number of carbonyl (C=O) groups is 1. The summed E-state index contributed by atoms with van der Waals surface area (Å²) in [5.41, 5.74) is 7.50. The molecular weight excluding hydrogens is 581 g/mol. The molecule has 0 spiro atoms. The highest BCUT2D eigenvalue weighted by Gasteiger charge is 2.14. The Hall–Kier alpha value is -2.96. The van der Waals surface area contributed by atoms with Crippen LogP contribution in [0.4, 0.5) is 5.69 Å². The summed E-state index contributed by atoms with van der Waals surface area (Å²) in [4.78, 5) is 30.4. The first-order valence-electron chi connectivity index (χ1n) is 10.3. The molecule has 0 saturated carbocycles. The van der Waals surface area contributed by atoms with Gasteiger partial charge in [0.1, 0.15) is 0 Å². The molecule has 1 amide bonds. The van der Waals surface area contributed by atoms with E-state index in [0.29, 0.717) is 22.6 Å². The Kier molecular flexibility index (Phi) is 8.14. The van der Waals surface area contributed by atoms with E-state index in [1.54, 1.807) is 4.57 Å². The molecule has 10 heteroatoms. The molecular formula is C24H20IN5O2S2. The lowest BCUT2D eigenvalue weighted by atomic mass is 10.2. The molecule has 4 aromatic rings. The molecule has 0 fully saturated rings. The van der Waals surface area contributed by atoms with Gasteiger partial charge in [0.25, 0.3) is 5.56 Å². The van der Waals surface area contributed by atoms with Crippen molar-refractivity contribution in [2.75, 3.05) is 11.1 Å². The second-order valence-electron chi connectivity index (χ2n) is 7.21. The molecule has 0 radical (unpaired) electrons. The number of nitrogens with zero attached hydrogens (tertiary/aromatic N) is 2. The zero-order chi connectivity index (χ0) is 23.9. The second kappa shape index (κ2) is 11.4. The fourth-order valence-electron chi connectivity index (χ4n) is 3.16. The van der Waals surface area contributed by atoms with Crippen LogP contribution in [-0.2, 0) is 11.3 Å². The van der Waals surface area contributed by atoms with Crippen molar-refractivity contribution in [2.45, 2.75) is 11.7 Å². The standard InChI is InChI=1S/C24H20IN5O2S2/c25-17-11-12-20-19(13-17)22(32)30(14-16-7-3-1-4-8-16)24(27-20)34-15-21(31)28-29-23(33)26-18-9-5-2-6-10-18/h1-13H,14-15H2,(H,28,31)(H2,26,29,33). The molecule has 172 valence electrons. The maximum Gasteiger partial charge on any atom is 0.262 e. The maximum absolute atomic E-state index is 13.3. The molecule has 0 aliphatic carbocycles. The number of hydrogen-bond acceptors (Lipinski definition) is 5. The number of hydrazine groups is 1. The van der Waals surface area contributed by atoms with Gasteiger partial charge in [-0.2, -0.15) is 0 Å². The topological polar surface area (TPSA) is 88.0 Å². The average molecular weight is 601 g/mol. The number of rotatable bonds is 6. The third-order valence-corrected chi connectivity index (χ3v) is 6.60. The molecule has 1 heterocycles. The highest BCUT2D eigenvalue weighted by Crippen LogP contribution is 2.20. The Labute approximate surface area is 219 Å². The van der Waals surface area contributed by atoms with E-state index in [1.807, 2.05) is 78.9 Å². The SMILES string of the molecule is O=C(CSc1nc2ccc(I)cc2c(=O)n1Cc1ccccc1)NNC(=S)Nc1ccccc1. The van der Waals surface area contributed by atoms with Gasteiger partial charge in [0.05, 0.1) is 23.2 Å². The van der Waals surface area contributed by atoms with Gasteiger partial charge in [-0.15, -0.1) is 0 Å². The summed E-state index contributed by atoms with van der Waals surface area (Å²) in [6.07, 6.45) is 0. The molecule has 1 aromatic heterocycles. The number of thioether (sulfide) groups is 1. The Balaban J connectivity index is 1.47. The first-order valence-corrected chi connectivity index (χ1v) is 12.7. The number of amides is 1. The Morgan fingerprint density at radius 2 is 1.71 bits per heavy atom. The minimum atomic E-state index is -0.301. The Bertz CT molecular complexity index is 1380. The van der Waals surface area contributed by atoms with Crippen LogP contribution in [0.15, 0.2) is 88.8 Å². The minimum absolute atomic E-state index is 0.0536. The number of nitrogens with one attached hydrogen (secondary N) is 3. The molecule has 4 rings (SSSR count). The van der Waals surface area contributed by atoms with Crippen molar-refractivity contribution in [1.29, 1.82) is 0 Å². The van der Waals surface area contributed by atoms with Crippen LogP contribution in [0.25, 0.3) is 10.9 Å². The number of thiocarbonyl (C=S) groups is 1. The number of para-hydroxylation sites is 1. The van der Waals surface area contributed by atoms with Crippen LogP contribution >= 0.6 is 46.6 Å². The van der Waals surface area contributed by atoms with E-state index in [2.05, 4.69) is 43.7 Å². The fourth-order valence-corrected chi connectivity index (χ4v) is 4.62. The van der Waals surface area contributed by atoms with Crippen LogP contribution in [0.2, 0.25) is 0 Å². The van der Waals surface area contributed by atoms with Crippen molar-refractivity contribution < 1.29 is 4.79 Å². The van der Waals surface area contributed by atoms with E-state index < -0.39 is 0 Å². The van der Waals surface area contributed by atoms with Gasteiger partial charge < -0.3 is 5.32 Å². The third kappa shape index (κ3) is 6.33. The predicted octanol–water partition coefficient (Wildman–Crippen LogP) is 4.16. The minimum Gasteiger partial charge on any atom is -0.331 e. The summed E-state index contributed by atoms with van der Waals surface area (Å²) in [5.74, 6) is -0.247. The zero-order valence-corrected chi connectivity index (χ0v) is 21.6. The first kappa shape index (κ1) is 24.2. The van der Waals surface area contributed by atoms with Gasteiger partial charge in [-0.1, -0.05) is 60.3 Å². The van der Waals surface area contributed by atoms with Gasteiger partial charge in [0.2, 0.25) is 5.91 Å².